The van der Waals surface area contributed by atoms with Crippen molar-refractivity contribution < 1.29 is 28.5 Å². The van der Waals surface area contributed by atoms with Gasteiger partial charge in [0, 0.05) is 18.6 Å². The molecule has 0 aliphatic carbocycles. The highest BCUT2D eigenvalue weighted by Gasteiger charge is 2.43. The number of rotatable bonds is 16. The number of ether oxygens (including phenoxy) is 3. The van der Waals surface area contributed by atoms with Crippen LogP contribution >= 0.6 is 0 Å². The molecule has 0 fully saturated rings. The first-order chi connectivity index (χ1) is 23.5. The van der Waals surface area contributed by atoms with Crippen LogP contribution in [0.25, 0.3) is 0 Å². The molecule has 0 saturated heterocycles. The van der Waals surface area contributed by atoms with Crippen LogP contribution in [-0.4, -0.2) is 24.8 Å². The highest BCUT2D eigenvalue weighted by Crippen LogP contribution is 2.39. The van der Waals surface area contributed by atoms with E-state index in [1.165, 1.54) is 5.56 Å². The van der Waals surface area contributed by atoms with Gasteiger partial charge in [-0.05, 0) is 95.7 Å². The number of aryl methyl sites for hydroxylation is 1. The summed E-state index contributed by atoms with van der Waals surface area (Å²) in [6.45, 7) is 11.1. The van der Waals surface area contributed by atoms with Gasteiger partial charge in [0.2, 0.25) is 0 Å². The number of furan rings is 1. The molecule has 0 saturated carbocycles. The van der Waals surface area contributed by atoms with E-state index < -0.39 is 11.4 Å². The predicted molar refractivity (Wildman–Crippen MR) is 194 cm³/mol. The van der Waals surface area contributed by atoms with Gasteiger partial charge in [-0.2, -0.15) is 0 Å². The van der Waals surface area contributed by atoms with Gasteiger partial charge in [0.25, 0.3) is 5.95 Å². The maximum absolute atomic E-state index is 13.6. The molecule has 49 heavy (non-hydrogen) atoms. The average Bonchev–Trinajstić information content (AvgIpc) is 3.50. The van der Waals surface area contributed by atoms with Gasteiger partial charge in [0.1, 0.15) is 28.4 Å². The van der Waals surface area contributed by atoms with Gasteiger partial charge in [-0.15, -0.1) is 0 Å². The number of methoxy groups -OCH3 is 1. The molecule has 5 rings (SSSR count). The molecule has 0 spiro atoms. The molecule has 1 aromatic heterocycles. The standard InChI is InChI=1S/C43H48O6/c1-29(2)21-35-15-16-37(25-40(35)46-6)48-41-20-18-38(49-41)27-43(42(44)45,39-19-17-36(22-31(39)5)47-28-30(3)4)26-34-14-10-13-33(24-34)23-32-11-8-7-9-12-32/h7-20,22,24-25,29-30H,21,23,26-28H2,1-6H3,(H,44,45). The van der Waals surface area contributed by atoms with Crippen LogP contribution < -0.4 is 14.2 Å². The first-order valence-electron chi connectivity index (χ1n) is 17.1. The quantitative estimate of drug-likeness (QED) is 0.114. The number of hydrogen-bond donors (Lipinski definition) is 1. The van der Waals surface area contributed by atoms with Gasteiger partial charge in [0.15, 0.2) is 0 Å². The van der Waals surface area contributed by atoms with Crippen LogP contribution in [0.1, 0.15) is 66.8 Å². The molecule has 256 valence electrons. The van der Waals surface area contributed by atoms with Crippen molar-refractivity contribution in [3.8, 4) is 23.2 Å². The number of hydrogen-bond acceptors (Lipinski definition) is 5. The molecule has 0 aliphatic rings. The van der Waals surface area contributed by atoms with Crippen molar-refractivity contribution in [2.75, 3.05) is 13.7 Å². The Kier molecular flexibility index (Phi) is 11.5. The van der Waals surface area contributed by atoms with Crippen molar-refractivity contribution in [3.05, 3.63) is 142 Å². The number of carboxylic acids is 1. The summed E-state index contributed by atoms with van der Waals surface area (Å²) in [5.74, 6) is 2.79. The van der Waals surface area contributed by atoms with E-state index in [0.717, 1.165) is 52.2 Å². The van der Waals surface area contributed by atoms with Gasteiger partial charge in [-0.1, -0.05) is 94.4 Å². The summed E-state index contributed by atoms with van der Waals surface area (Å²) in [4.78, 5) is 13.6. The molecule has 1 atom stereocenters. The minimum Gasteiger partial charge on any atom is -0.496 e. The smallest absolute Gasteiger partial charge is 0.314 e. The summed E-state index contributed by atoms with van der Waals surface area (Å²) in [5, 5.41) is 11.1. The molecule has 0 radical (unpaired) electrons. The molecular formula is C43H48O6. The maximum atomic E-state index is 13.6. The summed E-state index contributed by atoms with van der Waals surface area (Å²) in [6, 6.07) is 33.5. The van der Waals surface area contributed by atoms with Gasteiger partial charge in [0.05, 0.1) is 13.7 Å². The van der Waals surface area contributed by atoms with Crippen molar-refractivity contribution >= 4 is 5.97 Å². The zero-order chi connectivity index (χ0) is 35.0. The van der Waals surface area contributed by atoms with Crippen LogP contribution in [0.3, 0.4) is 0 Å². The van der Waals surface area contributed by atoms with Crippen LogP contribution in [0.2, 0.25) is 0 Å². The fourth-order valence-corrected chi connectivity index (χ4v) is 6.39. The predicted octanol–water partition coefficient (Wildman–Crippen LogP) is 10.0. The third-order valence-corrected chi connectivity index (χ3v) is 8.67. The van der Waals surface area contributed by atoms with E-state index in [1.54, 1.807) is 19.2 Å². The van der Waals surface area contributed by atoms with Crippen LogP contribution in [0.15, 0.2) is 108 Å². The number of carbonyl (C=O) groups is 1. The summed E-state index contributed by atoms with van der Waals surface area (Å²) >= 11 is 0. The van der Waals surface area contributed by atoms with E-state index in [9.17, 15) is 9.90 Å². The maximum Gasteiger partial charge on any atom is 0.314 e. The monoisotopic (exact) mass is 660 g/mol. The van der Waals surface area contributed by atoms with Crippen LogP contribution in [0.5, 0.6) is 23.2 Å². The second kappa shape index (κ2) is 16.0. The summed E-state index contributed by atoms with van der Waals surface area (Å²) in [7, 11) is 1.65. The largest absolute Gasteiger partial charge is 0.496 e. The van der Waals surface area contributed by atoms with Crippen molar-refractivity contribution in [1.82, 2.24) is 0 Å². The Labute approximate surface area is 290 Å². The molecule has 1 heterocycles. The third kappa shape index (κ3) is 9.14. The van der Waals surface area contributed by atoms with Crippen LogP contribution in [-0.2, 0) is 35.9 Å². The lowest BCUT2D eigenvalue weighted by atomic mass is 9.70. The van der Waals surface area contributed by atoms with Gasteiger partial charge in [-0.3, -0.25) is 4.79 Å². The lowest BCUT2D eigenvalue weighted by Gasteiger charge is -2.31. The Morgan fingerprint density at radius 3 is 2.20 bits per heavy atom. The number of benzene rings is 4. The fraction of sp³-hybridized carbons (Fsp3) is 0.326. The van der Waals surface area contributed by atoms with Crippen molar-refractivity contribution in [1.29, 1.82) is 0 Å². The van der Waals surface area contributed by atoms with Gasteiger partial charge < -0.3 is 23.7 Å². The topological polar surface area (TPSA) is 78.1 Å². The number of aliphatic carboxylic acids is 1. The molecular weight excluding hydrogens is 612 g/mol. The second-order valence-corrected chi connectivity index (χ2v) is 13.8. The molecule has 0 aliphatic heterocycles. The lowest BCUT2D eigenvalue weighted by Crippen LogP contribution is -2.41. The fourth-order valence-electron chi connectivity index (χ4n) is 6.39. The minimum absolute atomic E-state index is 0.123. The van der Waals surface area contributed by atoms with Crippen molar-refractivity contribution in [3.63, 3.8) is 0 Å². The molecule has 0 bridgehead atoms. The molecule has 6 nitrogen and oxygen atoms in total. The van der Waals surface area contributed by atoms with Gasteiger partial charge >= 0.3 is 5.97 Å². The molecule has 1 N–H and O–H groups in total. The Balaban J connectivity index is 1.48. The zero-order valence-electron chi connectivity index (χ0n) is 29.5. The Hall–Kier alpha value is -4.97. The Morgan fingerprint density at radius 2 is 1.51 bits per heavy atom. The SMILES string of the molecule is COc1cc(Oc2ccc(CC(Cc3cccc(Cc4ccccc4)c3)(C(=O)O)c3ccc(OCC(C)C)cc3C)o2)ccc1CC(C)C. The summed E-state index contributed by atoms with van der Waals surface area (Å²) in [6.07, 6.45) is 2.05. The van der Waals surface area contributed by atoms with E-state index in [1.807, 2.05) is 73.7 Å². The molecule has 4 aromatic carbocycles. The van der Waals surface area contributed by atoms with E-state index in [2.05, 4.69) is 52.0 Å². The molecule has 1 unspecified atom stereocenters. The summed E-state index contributed by atoms with van der Waals surface area (Å²) in [5.41, 5.74) is 4.61. The normalized spacial score (nSPS) is 12.6. The van der Waals surface area contributed by atoms with Crippen LogP contribution in [0, 0.1) is 18.8 Å². The van der Waals surface area contributed by atoms with Crippen molar-refractivity contribution in [2.45, 2.75) is 65.7 Å². The van der Waals surface area contributed by atoms with Crippen molar-refractivity contribution in [2.24, 2.45) is 11.8 Å². The first kappa shape index (κ1) is 35.3. The van der Waals surface area contributed by atoms with Gasteiger partial charge in [-0.25, -0.2) is 0 Å². The first-order valence-corrected chi connectivity index (χ1v) is 17.1. The van der Waals surface area contributed by atoms with E-state index in [-0.39, 0.29) is 18.8 Å². The third-order valence-electron chi connectivity index (χ3n) is 8.67. The molecule has 5 aromatic rings. The summed E-state index contributed by atoms with van der Waals surface area (Å²) < 4.78 is 23.9. The number of carboxylic acid groups (broad SMARTS) is 1. The lowest BCUT2D eigenvalue weighted by molar-refractivity contribution is -0.144. The molecule has 0 amide bonds. The highest BCUT2D eigenvalue weighted by molar-refractivity contribution is 5.83. The van der Waals surface area contributed by atoms with Crippen LogP contribution in [0.4, 0.5) is 0 Å². The van der Waals surface area contributed by atoms with E-state index in [0.29, 0.717) is 30.0 Å². The van der Waals surface area contributed by atoms with E-state index >= 15 is 0 Å². The Morgan fingerprint density at radius 1 is 0.776 bits per heavy atom. The van der Waals surface area contributed by atoms with E-state index in [4.69, 9.17) is 18.6 Å². The highest BCUT2D eigenvalue weighted by atomic mass is 16.6. The average molecular weight is 661 g/mol. The second-order valence-electron chi connectivity index (χ2n) is 13.8. The zero-order valence-corrected chi connectivity index (χ0v) is 29.5. The minimum atomic E-state index is -1.33. The molecule has 6 heteroatoms. The Bertz CT molecular complexity index is 1840.